The Kier molecular flexibility index (Phi) is 7.42. The first-order valence-corrected chi connectivity index (χ1v) is 11.3. The van der Waals surface area contributed by atoms with E-state index in [1.165, 1.54) is 0 Å². The summed E-state index contributed by atoms with van der Waals surface area (Å²) in [7, 11) is 1.68. The van der Waals surface area contributed by atoms with Gasteiger partial charge in [-0.05, 0) is 16.7 Å². The van der Waals surface area contributed by atoms with Gasteiger partial charge in [0.2, 0.25) is 11.8 Å². The lowest BCUT2D eigenvalue weighted by Gasteiger charge is -2.29. The molecular weight excluding hydrogens is 446 g/mol. The van der Waals surface area contributed by atoms with Gasteiger partial charge in [-0.25, -0.2) is 4.79 Å². The summed E-state index contributed by atoms with van der Waals surface area (Å²) in [6.45, 7) is 0.230. The van der Waals surface area contributed by atoms with Crippen molar-refractivity contribution in [1.82, 2.24) is 15.5 Å². The molecule has 1 fully saturated rings. The number of ether oxygens (including phenoxy) is 1. The van der Waals surface area contributed by atoms with Gasteiger partial charge in [-0.3, -0.25) is 9.59 Å². The maximum Gasteiger partial charge on any atom is 0.405 e. The first-order chi connectivity index (χ1) is 17.0. The standard InChI is InChI=1S/C27H27N3O5/c1-30-21(18-11-5-2-6-12-18)17-35-24(20-15-9-4-10-16-20)23(26(30)32)28-25(31)22(29-27(33)34)19-13-7-3-8-14-19/h2-16,21-24,29H,17H2,1H3,(H,28,31)(H,33,34)/t21-,22?,23?,24?/m1/s1. The van der Waals surface area contributed by atoms with E-state index in [-0.39, 0.29) is 18.6 Å². The highest BCUT2D eigenvalue weighted by Gasteiger charge is 2.41. The quantitative estimate of drug-likeness (QED) is 0.508. The van der Waals surface area contributed by atoms with Gasteiger partial charge in [0.15, 0.2) is 0 Å². The number of carbonyl (C=O) groups excluding carboxylic acids is 2. The van der Waals surface area contributed by atoms with E-state index in [0.29, 0.717) is 5.56 Å². The molecule has 3 unspecified atom stereocenters. The smallest absolute Gasteiger partial charge is 0.405 e. The maximum atomic E-state index is 13.7. The number of hydrogen-bond acceptors (Lipinski definition) is 4. The molecule has 3 aromatic rings. The second-order valence-corrected chi connectivity index (χ2v) is 8.32. The van der Waals surface area contributed by atoms with Crippen molar-refractivity contribution in [2.45, 2.75) is 24.2 Å². The van der Waals surface area contributed by atoms with Crippen LogP contribution in [0.15, 0.2) is 91.0 Å². The lowest BCUT2D eigenvalue weighted by Crippen LogP contribution is -2.52. The van der Waals surface area contributed by atoms with Gasteiger partial charge in [0, 0.05) is 7.05 Å². The van der Waals surface area contributed by atoms with Gasteiger partial charge in [0.25, 0.3) is 0 Å². The number of amides is 3. The second-order valence-electron chi connectivity index (χ2n) is 8.32. The van der Waals surface area contributed by atoms with Crippen LogP contribution in [0, 0.1) is 0 Å². The fourth-order valence-corrected chi connectivity index (χ4v) is 4.27. The summed E-state index contributed by atoms with van der Waals surface area (Å²) in [6, 6.07) is 24.6. The van der Waals surface area contributed by atoms with Crippen LogP contribution in [0.1, 0.15) is 34.9 Å². The molecule has 3 amide bonds. The number of hydrogen-bond donors (Lipinski definition) is 3. The second kappa shape index (κ2) is 10.8. The van der Waals surface area contributed by atoms with Crippen LogP contribution in [0.4, 0.5) is 4.79 Å². The number of nitrogens with one attached hydrogen (secondary N) is 2. The molecule has 35 heavy (non-hydrogen) atoms. The lowest BCUT2D eigenvalue weighted by molar-refractivity contribution is -0.138. The summed E-state index contributed by atoms with van der Waals surface area (Å²) in [5.41, 5.74) is 2.11. The van der Waals surface area contributed by atoms with Gasteiger partial charge in [0.05, 0.1) is 12.6 Å². The van der Waals surface area contributed by atoms with Crippen LogP contribution in [0.5, 0.6) is 0 Å². The molecular formula is C27H27N3O5. The lowest BCUT2D eigenvalue weighted by atomic mass is 9.99. The average molecular weight is 474 g/mol. The largest absolute Gasteiger partial charge is 0.465 e. The predicted octanol–water partition coefficient (Wildman–Crippen LogP) is 3.45. The molecule has 1 aliphatic rings. The van der Waals surface area contributed by atoms with Crippen LogP contribution in [0.3, 0.4) is 0 Å². The minimum atomic E-state index is -1.35. The van der Waals surface area contributed by atoms with Crippen LogP contribution >= 0.6 is 0 Å². The monoisotopic (exact) mass is 473 g/mol. The van der Waals surface area contributed by atoms with Crippen molar-refractivity contribution in [2.24, 2.45) is 0 Å². The van der Waals surface area contributed by atoms with E-state index in [4.69, 9.17) is 4.74 Å². The first kappa shape index (κ1) is 24.0. The van der Waals surface area contributed by atoms with Crippen molar-refractivity contribution >= 4 is 17.9 Å². The molecule has 4 rings (SSSR count). The normalized spacial score (nSPS) is 21.0. The summed E-state index contributed by atoms with van der Waals surface area (Å²) in [5, 5.41) is 14.4. The van der Waals surface area contributed by atoms with E-state index in [9.17, 15) is 19.5 Å². The predicted molar refractivity (Wildman–Crippen MR) is 129 cm³/mol. The Hall–Kier alpha value is -4.17. The third-order valence-electron chi connectivity index (χ3n) is 6.09. The molecule has 3 N–H and O–H groups in total. The summed E-state index contributed by atoms with van der Waals surface area (Å²) < 4.78 is 6.26. The van der Waals surface area contributed by atoms with E-state index < -0.39 is 30.2 Å². The molecule has 1 saturated heterocycles. The molecule has 4 atom stereocenters. The van der Waals surface area contributed by atoms with Gasteiger partial charge in [-0.1, -0.05) is 91.0 Å². The SMILES string of the molecule is CN1C(=O)C(NC(=O)C(NC(=O)O)c2ccccc2)C(c2ccccc2)OC[C@@H]1c1ccccc1. The van der Waals surface area contributed by atoms with Crippen molar-refractivity contribution in [3.8, 4) is 0 Å². The average Bonchev–Trinajstić information content (AvgIpc) is 3.00. The van der Waals surface area contributed by atoms with Gasteiger partial charge in [-0.2, -0.15) is 0 Å². The minimum Gasteiger partial charge on any atom is -0.465 e. The molecule has 8 heteroatoms. The van der Waals surface area contributed by atoms with E-state index in [2.05, 4.69) is 10.6 Å². The fourth-order valence-electron chi connectivity index (χ4n) is 4.27. The molecule has 0 bridgehead atoms. The van der Waals surface area contributed by atoms with Crippen LogP contribution in [0.2, 0.25) is 0 Å². The Balaban J connectivity index is 1.68. The summed E-state index contributed by atoms with van der Waals surface area (Å²) in [5.74, 6) is -0.978. The third-order valence-corrected chi connectivity index (χ3v) is 6.09. The molecule has 0 aromatic heterocycles. The van der Waals surface area contributed by atoms with E-state index in [0.717, 1.165) is 11.1 Å². The zero-order chi connectivity index (χ0) is 24.8. The number of carboxylic acid groups (broad SMARTS) is 1. The summed E-state index contributed by atoms with van der Waals surface area (Å²) in [4.78, 5) is 40.1. The van der Waals surface area contributed by atoms with Gasteiger partial charge < -0.3 is 25.4 Å². The molecule has 180 valence electrons. The molecule has 0 spiro atoms. The maximum absolute atomic E-state index is 13.7. The van der Waals surface area contributed by atoms with Gasteiger partial charge in [0.1, 0.15) is 18.2 Å². The van der Waals surface area contributed by atoms with Crippen LogP contribution in [-0.4, -0.2) is 47.6 Å². The molecule has 8 nitrogen and oxygen atoms in total. The zero-order valence-electron chi connectivity index (χ0n) is 19.2. The Bertz CT molecular complexity index is 1160. The molecule has 0 saturated carbocycles. The minimum absolute atomic E-state index is 0.230. The van der Waals surface area contributed by atoms with Gasteiger partial charge >= 0.3 is 6.09 Å². The number of carbonyl (C=O) groups is 3. The Labute approximate surface area is 203 Å². The van der Waals surface area contributed by atoms with E-state index >= 15 is 0 Å². The first-order valence-electron chi connectivity index (χ1n) is 11.3. The van der Waals surface area contributed by atoms with E-state index in [1.807, 2.05) is 60.7 Å². The number of nitrogens with zero attached hydrogens (tertiary/aromatic N) is 1. The Morgan fingerprint density at radius 3 is 2.03 bits per heavy atom. The molecule has 1 heterocycles. The molecule has 0 aliphatic carbocycles. The topological polar surface area (TPSA) is 108 Å². The third kappa shape index (κ3) is 5.50. The molecule has 3 aromatic carbocycles. The Morgan fingerprint density at radius 2 is 1.46 bits per heavy atom. The van der Waals surface area contributed by atoms with Crippen molar-refractivity contribution < 1.29 is 24.2 Å². The number of rotatable bonds is 6. The number of benzene rings is 3. The fraction of sp³-hybridized carbons (Fsp3) is 0.222. The highest BCUT2D eigenvalue weighted by molar-refractivity contribution is 5.92. The van der Waals surface area contributed by atoms with Crippen molar-refractivity contribution in [3.05, 3.63) is 108 Å². The van der Waals surface area contributed by atoms with Crippen molar-refractivity contribution in [1.29, 1.82) is 0 Å². The van der Waals surface area contributed by atoms with Crippen LogP contribution < -0.4 is 10.6 Å². The van der Waals surface area contributed by atoms with Crippen molar-refractivity contribution in [2.75, 3.05) is 13.7 Å². The van der Waals surface area contributed by atoms with Gasteiger partial charge in [-0.15, -0.1) is 0 Å². The zero-order valence-corrected chi connectivity index (χ0v) is 19.2. The summed E-state index contributed by atoms with van der Waals surface area (Å²) >= 11 is 0. The Morgan fingerprint density at radius 1 is 0.914 bits per heavy atom. The summed E-state index contributed by atoms with van der Waals surface area (Å²) in [6.07, 6.45) is -2.11. The van der Waals surface area contributed by atoms with Crippen LogP contribution in [-0.2, 0) is 14.3 Å². The molecule has 1 aliphatic heterocycles. The van der Waals surface area contributed by atoms with Crippen LogP contribution in [0.25, 0.3) is 0 Å². The number of likely N-dealkylation sites (N-methyl/N-ethyl adjacent to an activating group) is 1. The van der Waals surface area contributed by atoms with E-state index in [1.54, 1.807) is 42.3 Å². The molecule has 0 radical (unpaired) electrons. The highest BCUT2D eigenvalue weighted by Crippen LogP contribution is 2.32. The highest BCUT2D eigenvalue weighted by atomic mass is 16.5. The van der Waals surface area contributed by atoms with Crippen molar-refractivity contribution in [3.63, 3.8) is 0 Å².